The lowest BCUT2D eigenvalue weighted by Gasteiger charge is -2.45. The van der Waals surface area contributed by atoms with Gasteiger partial charge in [0.2, 0.25) is 0 Å². The van der Waals surface area contributed by atoms with Gasteiger partial charge in [0, 0.05) is 5.56 Å². The highest BCUT2D eigenvalue weighted by molar-refractivity contribution is 6.01. The molecule has 0 aliphatic carbocycles. The minimum Gasteiger partial charge on any atom is -0.632 e. The highest BCUT2D eigenvalue weighted by atomic mass is 16.6. The van der Waals surface area contributed by atoms with Gasteiger partial charge >= 0.3 is 0 Å². The molecular weight excluding hydrogens is 418 g/mol. The van der Waals surface area contributed by atoms with Crippen LogP contribution in [-0.4, -0.2) is 37.2 Å². The van der Waals surface area contributed by atoms with E-state index in [1.165, 1.54) is 0 Å². The van der Waals surface area contributed by atoms with Crippen LogP contribution in [0.5, 0.6) is 17.2 Å². The molecule has 0 fully saturated rings. The number of hydrogen-bond donors (Lipinski definition) is 0. The second-order valence-electron chi connectivity index (χ2n) is 8.94. The molecule has 0 saturated carbocycles. The lowest BCUT2D eigenvalue weighted by atomic mass is 9.93. The molecule has 5 rings (SSSR count). The number of nitrogens with zero attached hydrogens (tertiary/aromatic N) is 1. The number of Topliss-reactive ketones (excluding diaryl/α,β-unsaturated/α-hetero) is 1. The average molecular weight is 446 g/mol. The number of carbonyl (C=O) groups excluding carboxylic acids is 1. The Kier molecular flexibility index (Phi) is 5.56. The van der Waals surface area contributed by atoms with Crippen molar-refractivity contribution in [1.82, 2.24) is 0 Å². The van der Waals surface area contributed by atoms with E-state index in [1.54, 1.807) is 7.11 Å². The molecule has 0 bridgehead atoms. The molecule has 3 atom stereocenters. The predicted octanol–water partition coefficient (Wildman–Crippen LogP) is 4.84. The van der Waals surface area contributed by atoms with Gasteiger partial charge < -0.3 is 24.1 Å². The highest BCUT2D eigenvalue weighted by Gasteiger charge is 2.38. The molecular formula is C27H27NO5. The molecule has 2 heterocycles. The second-order valence-corrected chi connectivity index (χ2v) is 8.94. The Hall–Kier alpha value is -3.35. The summed E-state index contributed by atoms with van der Waals surface area (Å²) in [5.41, 5.74) is 3.31. The maximum Gasteiger partial charge on any atom is 0.178 e. The van der Waals surface area contributed by atoms with Crippen molar-refractivity contribution in [2.75, 3.05) is 26.8 Å². The number of aryl methyl sites for hydroxylation is 1. The summed E-state index contributed by atoms with van der Waals surface area (Å²) >= 11 is 0. The van der Waals surface area contributed by atoms with Gasteiger partial charge in [-0.05, 0) is 48.9 Å². The van der Waals surface area contributed by atoms with Crippen LogP contribution in [0, 0.1) is 18.0 Å². The van der Waals surface area contributed by atoms with Crippen LogP contribution >= 0.6 is 0 Å². The van der Waals surface area contributed by atoms with Gasteiger partial charge in [-0.25, -0.2) is 0 Å². The van der Waals surface area contributed by atoms with Crippen molar-refractivity contribution < 1.29 is 23.7 Å². The van der Waals surface area contributed by atoms with Crippen LogP contribution in [0.25, 0.3) is 0 Å². The van der Waals surface area contributed by atoms with E-state index in [0.29, 0.717) is 17.1 Å². The Morgan fingerprint density at radius 1 is 1.06 bits per heavy atom. The van der Waals surface area contributed by atoms with E-state index >= 15 is 0 Å². The number of hydroxylamine groups is 3. The summed E-state index contributed by atoms with van der Waals surface area (Å²) in [6.07, 6.45) is -0.439. The third-order valence-electron chi connectivity index (χ3n) is 6.45. The molecule has 170 valence electrons. The third-order valence-corrected chi connectivity index (χ3v) is 6.45. The highest BCUT2D eigenvalue weighted by Crippen LogP contribution is 2.37. The van der Waals surface area contributed by atoms with Gasteiger partial charge in [0.15, 0.2) is 11.9 Å². The first kappa shape index (κ1) is 21.5. The van der Waals surface area contributed by atoms with Crippen molar-refractivity contribution in [3.05, 3.63) is 94.2 Å². The number of para-hydroxylation sites is 1. The molecule has 0 aromatic heterocycles. The Labute approximate surface area is 193 Å². The first-order valence-electron chi connectivity index (χ1n) is 11.2. The number of carbonyl (C=O) groups is 1. The second kappa shape index (κ2) is 8.54. The number of ether oxygens (including phenoxy) is 3. The number of fused-ring (bicyclic) bond motifs is 2. The fourth-order valence-corrected chi connectivity index (χ4v) is 4.73. The molecule has 3 aromatic carbocycles. The van der Waals surface area contributed by atoms with Crippen LogP contribution in [0.15, 0.2) is 66.7 Å². The van der Waals surface area contributed by atoms with Crippen molar-refractivity contribution in [2.45, 2.75) is 19.6 Å². The number of methoxy groups -OCH3 is 1. The summed E-state index contributed by atoms with van der Waals surface area (Å²) in [7, 11) is 1.62. The van der Waals surface area contributed by atoms with Crippen LogP contribution < -0.4 is 14.2 Å². The van der Waals surface area contributed by atoms with Gasteiger partial charge in [-0.3, -0.25) is 4.79 Å². The zero-order chi connectivity index (χ0) is 23.0. The number of hydrogen-bond acceptors (Lipinski definition) is 5. The largest absolute Gasteiger partial charge is 0.632 e. The molecule has 2 aliphatic heterocycles. The van der Waals surface area contributed by atoms with Crippen LogP contribution in [0.3, 0.4) is 0 Å². The number of ketones is 1. The van der Waals surface area contributed by atoms with Crippen LogP contribution in [0.4, 0.5) is 0 Å². The van der Waals surface area contributed by atoms with Crippen molar-refractivity contribution in [3.8, 4) is 17.2 Å². The van der Waals surface area contributed by atoms with Gasteiger partial charge in [0.25, 0.3) is 0 Å². The molecule has 2 aliphatic rings. The summed E-state index contributed by atoms with van der Waals surface area (Å²) < 4.78 is 16.9. The van der Waals surface area contributed by atoms with E-state index in [9.17, 15) is 10.0 Å². The smallest absolute Gasteiger partial charge is 0.178 e. The number of benzene rings is 3. The molecule has 3 aromatic rings. The maximum atomic E-state index is 14.2. The van der Waals surface area contributed by atoms with Crippen LogP contribution in [-0.2, 0) is 6.54 Å². The molecule has 6 nitrogen and oxygen atoms in total. The molecule has 0 spiro atoms. The van der Waals surface area contributed by atoms with Crippen molar-refractivity contribution in [3.63, 3.8) is 0 Å². The monoisotopic (exact) mass is 445 g/mol. The summed E-state index contributed by atoms with van der Waals surface area (Å²) in [5.74, 6) is 1.53. The fraction of sp³-hybridized carbons (Fsp3) is 0.296. The maximum absolute atomic E-state index is 14.2. The minimum absolute atomic E-state index is 0.0206. The van der Waals surface area contributed by atoms with Gasteiger partial charge in [-0.1, -0.05) is 35.9 Å². The summed E-state index contributed by atoms with van der Waals surface area (Å²) in [5, 5.41) is 14.2. The molecule has 0 radical (unpaired) electrons. The van der Waals surface area contributed by atoms with E-state index in [0.717, 1.165) is 22.4 Å². The van der Waals surface area contributed by atoms with Crippen LogP contribution in [0.1, 0.15) is 33.2 Å². The number of quaternary nitrogens is 1. The summed E-state index contributed by atoms with van der Waals surface area (Å²) in [6, 6.07) is 20.8. The zero-order valence-electron chi connectivity index (χ0n) is 18.8. The molecule has 6 heteroatoms. The van der Waals surface area contributed by atoms with Gasteiger partial charge in [-0.15, -0.1) is 0 Å². The quantitative estimate of drug-likeness (QED) is 0.425. The average Bonchev–Trinajstić information content (AvgIpc) is 2.97. The zero-order valence-corrected chi connectivity index (χ0v) is 18.8. The van der Waals surface area contributed by atoms with Gasteiger partial charge in [0.1, 0.15) is 42.9 Å². The lowest BCUT2D eigenvalue weighted by Crippen LogP contribution is -2.50. The molecule has 0 amide bonds. The topological polar surface area (TPSA) is 67.8 Å². The van der Waals surface area contributed by atoms with E-state index in [1.807, 2.05) is 73.7 Å². The van der Waals surface area contributed by atoms with E-state index in [2.05, 4.69) is 0 Å². The van der Waals surface area contributed by atoms with Crippen molar-refractivity contribution in [1.29, 1.82) is 0 Å². The van der Waals surface area contributed by atoms with Crippen molar-refractivity contribution >= 4 is 5.78 Å². The SMILES string of the molecule is COc1ccc(C2C[N@+]([O-])(CC3COc4ccc(C)cc4C3=O)Cc3ccccc3O2)cc1. The molecule has 33 heavy (non-hydrogen) atoms. The van der Waals surface area contributed by atoms with Crippen molar-refractivity contribution in [2.24, 2.45) is 5.92 Å². The Morgan fingerprint density at radius 3 is 2.64 bits per heavy atom. The third kappa shape index (κ3) is 4.32. The Morgan fingerprint density at radius 2 is 1.85 bits per heavy atom. The molecule has 0 N–H and O–H groups in total. The van der Waals surface area contributed by atoms with Gasteiger partial charge in [-0.2, -0.15) is 0 Å². The predicted molar refractivity (Wildman–Crippen MR) is 124 cm³/mol. The first-order valence-corrected chi connectivity index (χ1v) is 11.2. The first-order chi connectivity index (χ1) is 15.9. The fourth-order valence-electron chi connectivity index (χ4n) is 4.73. The normalized spacial score (nSPS) is 24.0. The molecule has 2 unspecified atom stereocenters. The Balaban J connectivity index is 1.45. The Bertz CT molecular complexity index is 1180. The van der Waals surface area contributed by atoms with E-state index < -0.39 is 16.7 Å². The number of rotatable bonds is 4. The van der Waals surface area contributed by atoms with E-state index in [-0.39, 0.29) is 32.0 Å². The lowest BCUT2D eigenvalue weighted by molar-refractivity contribution is -0.898. The molecule has 0 saturated heterocycles. The standard InChI is InChI=1S/C27H27NO5/c1-18-7-12-25-23(13-18)27(29)21(17-32-25)15-28(30)14-20-5-3-4-6-24(20)33-26(16-28)19-8-10-22(31-2)11-9-19/h3-13,21,26H,14-17H2,1-2H3/t21?,26?,28-/m1/s1. The minimum atomic E-state index is -0.561. The summed E-state index contributed by atoms with van der Waals surface area (Å²) in [4.78, 5) is 13.3. The summed E-state index contributed by atoms with van der Waals surface area (Å²) in [6.45, 7) is 2.74. The van der Waals surface area contributed by atoms with Gasteiger partial charge in [0.05, 0.1) is 19.2 Å². The van der Waals surface area contributed by atoms with E-state index in [4.69, 9.17) is 14.2 Å². The van der Waals surface area contributed by atoms with Crippen LogP contribution in [0.2, 0.25) is 0 Å².